The van der Waals surface area contributed by atoms with E-state index in [1.807, 2.05) is 0 Å². The summed E-state index contributed by atoms with van der Waals surface area (Å²) in [5.74, 6) is -0.526. The summed E-state index contributed by atoms with van der Waals surface area (Å²) in [7, 11) is 3.02. The number of likely N-dealkylation sites (N-methyl/N-ethyl adjacent to an activating group) is 1. The van der Waals surface area contributed by atoms with Gasteiger partial charge in [0.15, 0.2) is 0 Å². The fourth-order valence-corrected chi connectivity index (χ4v) is 1.17. The number of hydrogen-bond acceptors (Lipinski definition) is 4. The first-order valence-corrected chi connectivity index (χ1v) is 4.80. The lowest BCUT2D eigenvalue weighted by Gasteiger charge is -2.05. The van der Waals surface area contributed by atoms with E-state index in [1.54, 1.807) is 31.3 Å². The Morgan fingerprint density at radius 1 is 1.24 bits per heavy atom. The van der Waals surface area contributed by atoms with Crippen LogP contribution in [0.5, 0.6) is 0 Å². The first kappa shape index (κ1) is 15.4. The Morgan fingerprint density at radius 2 is 1.82 bits per heavy atom. The lowest BCUT2D eigenvalue weighted by molar-refractivity contribution is -0.115. The summed E-state index contributed by atoms with van der Waals surface area (Å²) in [6, 6.07) is 6.50. The maximum Gasteiger partial charge on any atom is 0.337 e. The highest BCUT2D eigenvalue weighted by Gasteiger charge is 2.05. The van der Waals surface area contributed by atoms with Crippen molar-refractivity contribution in [2.24, 2.45) is 0 Å². The molecule has 0 bridgehead atoms. The van der Waals surface area contributed by atoms with Gasteiger partial charge < -0.3 is 15.4 Å². The van der Waals surface area contributed by atoms with Crippen LogP contribution in [-0.4, -0.2) is 32.6 Å². The summed E-state index contributed by atoms with van der Waals surface area (Å²) >= 11 is 0. The minimum absolute atomic E-state index is 0. The predicted molar refractivity (Wildman–Crippen MR) is 67.6 cm³/mol. The Hall–Kier alpha value is -1.59. The molecule has 6 heteroatoms. The molecular formula is C11H15ClN2O3. The molecule has 2 N–H and O–H groups in total. The van der Waals surface area contributed by atoms with Gasteiger partial charge in [0.1, 0.15) is 0 Å². The normalized spacial score (nSPS) is 9.06. The number of hydrogen-bond donors (Lipinski definition) is 2. The highest BCUT2D eigenvalue weighted by atomic mass is 35.5. The standard InChI is InChI=1S/C11H14N2O3.ClH/c1-12-7-10(14)13-9-5-3-8(4-6-9)11(15)16-2;/h3-6,12H,7H2,1-2H3,(H,13,14);1H. The molecule has 0 aliphatic rings. The number of amides is 1. The van der Waals surface area contributed by atoms with Gasteiger partial charge in [-0.1, -0.05) is 0 Å². The lowest BCUT2D eigenvalue weighted by Crippen LogP contribution is -2.25. The fourth-order valence-electron chi connectivity index (χ4n) is 1.17. The van der Waals surface area contributed by atoms with Crippen LogP contribution in [0.3, 0.4) is 0 Å². The van der Waals surface area contributed by atoms with E-state index in [1.165, 1.54) is 7.11 Å². The van der Waals surface area contributed by atoms with Crippen molar-refractivity contribution in [3.63, 3.8) is 0 Å². The first-order chi connectivity index (χ1) is 7.67. The van der Waals surface area contributed by atoms with Gasteiger partial charge >= 0.3 is 5.97 Å². The maximum atomic E-state index is 11.2. The zero-order valence-electron chi connectivity index (χ0n) is 9.65. The van der Waals surface area contributed by atoms with Crippen LogP contribution in [-0.2, 0) is 9.53 Å². The van der Waals surface area contributed by atoms with Crippen LogP contribution < -0.4 is 10.6 Å². The van der Waals surface area contributed by atoms with Gasteiger partial charge in [0.2, 0.25) is 5.91 Å². The van der Waals surface area contributed by atoms with Crippen LogP contribution >= 0.6 is 12.4 Å². The second kappa shape index (κ2) is 7.65. The minimum atomic E-state index is -0.395. The Labute approximate surface area is 106 Å². The molecule has 0 aromatic heterocycles. The van der Waals surface area contributed by atoms with Gasteiger partial charge in [-0.05, 0) is 31.3 Å². The van der Waals surface area contributed by atoms with E-state index in [0.29, 0.717) is 11.3 Å². The molecule has 0 aliphatic heterocycles. The Bertz CT molecular complexity index is 379. The number of carbonyl (C=O) groups excluding carboxylic acids is 2. The van der Waals surface area contributed by atoms with Crippen molar-refractivity contribution in [1.82, 2.24) is 5.32 Å². The van der Waals surface area contributed by atoms with Crippen LogP contribution in [0.4, 0.5) is 5.69 Å². The van der Waals surface area contributed by atoms with E-state index in [4.69, 9.17) is 0 Å². The third kappa shape index (κ3) is 4.84. The molecular weight excluding hydrogens is 244 g/mol. The Morgan fingerprint density at radius 3 is 2.29 bits per heavy atom. The van der Waals surface area contributed by atoms with Crippen LogP contribution in [0.1, 0.15) is 10.4 Å². The van der Waals surface area contributed by atoms with E-state index in [2.05, 4.69) is 15.4 Å². The maximum absolute atomic E-state index is 11.2. The topological polar surface area (TPSA) is 67.4 Å². The number of esters is 1. The molecule has 0 saturated heterocycles. The summed E-state index contributed by atoms with van der Waals surface area (Å²) in [5, 5.41) is 5.41. The molecule has 0 aliphatic carbocycles. The molecule has 1 amide bonds. The second-order valence-corrected chi connectivity index (χ2v) is 3.15. The number of rotatable bonds is 4. The van der Waals surface area contributed by atoms with Crippen molar-refractivity contribution < 1.29 is 14.3 Å². The number of carbonyl (C=O) groups is 2. The summed E-state index contributed by atoms with van der Waals surface area (Å²) in [6.07, 6.45) is 0. The van der Waals surface area contributed by atoms with Crippen LogP contribution in [0.2, 0.25) is 0 Å². The molecule has 0 heterocycles. The molecule has 1 aromatic rings. The Balaban J connectivity index is 0.00000256. The van der Waals surface area contributed by atoms with E-state index < -0.39 is 5.97 Å². The van der Waals surface area contributed by atoms with Gasteiger partial charge in [0.05, 0.1) is 19.2 Å². The predicted octanol–water partition coefficient (Wildman–Crippen LogP) is 1.05. The third-order valence-electron chi connectivity index (χ3n) is 1.93. The van der Waals surface area contributed by atoms with Crippen LogP contribution in [0.25, 0.3) is 0 Å². The van der Waals surface area contributed by atoms with Crippen molar-refractivity contribution in [2.45, 2.75) is 0 Å². The number of methoxy groups -OCH3 is 1. The molecule has 0 fully saturated rings. The van der Waals surface area contributed by atoms with Gasteiger partial charge in [-0.3, -0.25) is 4.79 Å². The monoisotopic (exact) mass is 258 g/mol. The number of nitrogens with one attached hydrogen (secondary N) is 2. The summed E-state index contributed by atoms with van der Waals surface area (Å²) < 4.78 is 4.56. The van der Waals surface area contributed by atoms with Crippen molar-refractivity contribution in [3.8, 4) is 0 Å². The van der Waals surface area contributed by atoms with Gasteiger partial charge in [-0.15, -0.1) is 12.4 Å². The molecule has 0 atom stereocenters. The third-order valence-corrected chi connectivity index (χ3v) is 1.93. The summed E-state index contributed by atoms with van der Waals surface area (Å²) in [5.41, 5.74) is 1.10. The van der Waals surface area contributed by atoms with E-state index in [0.717, 1.165) is 0 Å². The molecule has 0 radical (unpaired) electrons. The second-order valence-electron chi connectivity index (χ2n) is 3.15. The number of halogens is 1. The van der Waals surface area contributed by atoms with Gasteiger partial charge in [-0.25, -0.2) is 4.79 Å². The van der Waals surface area contributed by atoms with Crippen molar-refractivity contribution in [3.05, 3.63) is 29.8 Å². The molecule has 17 heavy (non-hydrogen) atoms. The van der Waals surface area contributed by atoms with Crippen molar-refractivity contribution >= 4 is 30.0 Å². The van der Waals surface area contributed by atoms with Crippen molar-refractivity contribution in [1.29, 1.82) is 0 Å². The van der Waals surface area contributed by atoms with Crippen LogP contribution in [0.15, 0.2) is 24.3 Å². The molecule has 0 unspecified atom stereocenters. The molecule has 94 valence electrons. The summed E-state index contributed by atoms with van der Waals surface area (Å²) in [4.78, 5) is 22.4. The number of benzene rings is 1. The van der Waals surface area contributed by atoms with Gasteiger partial charge in [0, 0.05) is 5.69 Å². The number of anilines is 1. The largest absolute Gasteiger partial charge is 0.465 e. The SMILES string of the molecule is CNCC(=O)Nc1ccc(C(=O)OC)cc1.Cl. The lowest BCUT2D eigenvalue weighted by atomic mass is 10.2. The van der Waals surface area contributed by atoms with Crippen LogP contribution in [0, 0.1) is 0 Å². The number of ether oxygens (including phenoxy) is 1. The molecule has 1 rings (SSSR count). The highest BCUT2D eigenvalue weighted by Crippen LogP contribution is 2.09. The average Bonchev–Trinajstić information content (AvgIpc) is 2.29. The minimum Gasteiger partial charge on any atom is -0.465 e. The fraction of sp³-hybridized carbons (Fsp3) is 0.273. The zero-order chi connectivity index (χ0) is 12.0. The highest BCUT2D eigenvalue weighted by molar-refractivity contribution is 5.93. The molecule has 5 nitrogen and oxygen atoms in total. The van der Waals surface area contributed by atoms with Crippen molar-refractivity contribution in [2.75, 3.05) is 26.0 Å². The van der Waals surface area contributed by atoms with E-state index in [9.17, 15) is 9.59 Å². The van der Waals surface area contributed by atoms with E-state index >= 15 is 0 Å². The molecule has 1 aromatic carbocycles. The smallest absolute Gasteiger partial charge is 0.337 e. The average molecular weight is 259 g/mol. The quantitative estimate of drug-likeness (QED) is 0.793. The van der Waals surface area contributed by atoms with Gasteiger partial charge in [0.25, 0.3) is 0 Å². The molecule has 0 saturated carbocycles. The molecule has 0 spiro atoms. The van der Waals surface area contributed by atoms with E-state index in [-0.39, 0.29) is 24.9 Å². The zero-order valence-corrected chi connectivity index (χ0v) is 10.5. The first-order valence-electron chi connectivity index (χ1n) is 4.80. The van der Waals surface area contributed by atoms with Gasteiger partial charge in [-0.2, -0.15) is 0 Å². The summed E-state index contributed by atoms with van der Waals surface area (Å²) in [6.45, 7) is 0.249. The Kier molecular flexibility index (Phi) is 6.93.